The summed E-state index contributed by atoms with van der Waals surface area (Å²) in [5, 5.41) is 7.26. The van der Waals surface area contributed by atoms with Gasteiger partial charge in [0.25, 0.3) is 5.78 Å². The summed E-state index contributed by atoms with van der Waals surface area (Å²) in [6.07, 6.45) is 4.42. The Morgan fingerprint density at radius 3 is 3.18 bits per heavy atom. The summed E-state index contributed by atoms with van der Waals surface area (Å²) >= 11 is 0. The number of anilines is 1. The molecule has 1 aliphatic rings. The van der Waals surface area contributed by atoms with Gasteiger partial charge in [0.05, 0.1) is 5.92 Å². The van der Waals surface area contributed by atoms with Gasteiger partial charge in [-0.05, 0) is 26.2 Å². The van der Waals surface area contributed by atoms with Crippen molar-refractivity contribution < 1.29 is 4.79 Å². The van der Waals surface area contributed by atoms with Gasteiger partial charge in [-0.25, -0.2) is 4.98 Å². The molecule has 22 heavy (non-hydrogen) atoms. The van der Waals surface area contributed by atoms with E-state index in [1.165, 1.54) is 6.33 Å². The van der Waals surface area contributed by atoms with Gasteiger partial charge in [-0.15, -0.1) is 0 Å². The van der Waals surface area contributed by atoms with Crippen molar-refractivity contribution >= 4 is 17.5 Å². The molecule has 1 unspecified atom stereocenters. The van der Waals surface area contributed by atoms with E-state index in [-0.39, 0.29) is 11.8 Å². The van der Waals surface area contributed by atoms with Crippen LogP contribution in [0.25, 0.3) is 5.78 Å². The number of hydrogen-bond donors (Lipinski definition) is 1. The minimum atomic E-state index is 0.0346. The van der Waals surface area contributed by atoms with E-state index in [1.807, 2.05) is 13.0 Å². The van der Waals surface area contributed by atoms with E-state index in [9.17, 15) is 4.79 Å². The number of aromatic nitrogens is 4. The van der Waals surface area contributed by atoms with E-state index in [0.717, 1.165) is 43.9 Å². The molecule has 1 atom stereocenters. The number of carbonyl (C=O) groups is 1. The minimum absolute atomic E-state index is 0.0346. The molecule has 1 amide bonds. The Labute approximate surface area is 129 Å². The first-order chi connectivity index (χ1) is 10.7. The molecule has 1 N–H and O–H groups in total. The van der Waals surface area contributed by atoms with Crippen molar-refractivity contribution in [2.24, 2.45) is 5.92 Å². The predicted octanol–water partition coefficient (Wildman–Crippen LogP) is 1.18. The molecule has 1 aliphatic heterocycles. The summed E-state index contributed by atoms with van der Waals surface area (Å²) in [6.45, 7) is 6.41. The van der Waals surface area contributed by atoms with E-state index in [4.69, 9.17) is 0 Å². The first kappa shape index (κ1) is 14.7. The van der Waals surface area contributed by atoms with Crippen molar-refractivity contribution in [3.63, 3.8) is 0 Å². The van der Waals surface area contributed by atoms with Crippen LogP contribution < -0.4 is 10.2 Å². The number of hydrogen-bond acceptors (Lipinski definition) is 5. The van der Waals surface area contributed by atoms with Crippen LogP contribution in [-0.2, 0) is 4.79 Å². The van der Waals surface area contributed by atoms with Gasteiger partial charge >= 0.3 is 0 Å². The lowest BCUT2D eigenvalue weighted by Crippen LogP contribution is -2.44. The van der Waals surface area contributed by atoms with Crippen molar-refractivity contribution in [1.82, 2.24) is 24.9 Å². The zero-order chi connectivity index (χ0) is 15.5. The van der Waals surface area contributed by atoms with Crippen molar-refractivity contribution in [1.29, 1.82) is 0 Å². The van der Waals surface area contributed by atoms with Crippen molar-refractivity contribution in [3.05, 3.63) is 18.1 Å². The quantitative estimate of drug-likeness (QED) is 0.917. The topological polar surface area (TPSA) is 75.4 Å². The zero-order valence-corrected chi connectivity index (χ0v) is 13.1. The van der Waals surface area contributed by atoms with Crippen LogP contribution in [0.15, 0.2) is 12.4 Å². The molecular formula is C15H22N6O. The summed E-state index contributed by atoms with van der Waals surface area (Å²) in [5.41, 5.74) is 0.910. The Morgan fingerprint density at radius 1 is 1.50 bits per heavy atom. The minimum Gasteiger partial charge on any atom is -0.356 e. The first-order valence-corrected chi connectivity index (χ1v) is 7.89. The van der Waals surface area contributed by atoms with Crippen molar-refractivity contribution in [3.8, 4) is 0 Å². The van der Waals surface area contributed by atoms with E-state index in [1.54, 1.807) is 4.52 Å². The van der Waals surface area contributed by atoms with Gasteiger partial charge in [-0.3, -0.25) is 4.79 Å². The van der Waals surface area contributed by atoms with Gasteiger partial charge in [0.2, 0.25) is 5.91 Å². The third-order valence-electron chi connectivity index (χ3n) is 4.03. The van der Waals surface area contributed by atoms with Crippen LogP contribution in [0.2, 0.25) is 0 Å². The van der Waals surface area contributed by atoms with Crippen LogP contribution >= 0.6 is 0 Å². The number of amides is 1. The van der Waals surface area contributed by atoms with E-state index in [0.29, 0.717) is 12.3 Å². The van der Waals surface area contributed by atoms with Crippen molar-refractivity contribution in [2.75, 3.05) is 24.5 Å². The van der Waals surface area contributed by atoms with E-state index < -0.39 is 0 Å². The smallest absolute Gasteiger partial charge is 0.254 e. The van der Waals surface area contributed by atoms with Gasteiger partial charge in [0.1, 0.15) is 12.1 Å². The highest BCUT2D eigenvalue weighted by Crippen LogP contribution is 2.23. The molecule has 1 fully saturated rings. The normalized spacial score (nSPS) is 18.6. The first-order valence-electron chi connectivity index (χ1n) is 7.89. The third kappa shape index (κ3) is 2.88. The van der Waals surface area contributed by atoms with E-state index >= 15 is 0 Å². The molecule has 0 aromatic carbocycles. The highest BCUT2D eigenvalue weighted by Gasteiger charge is 2.27. The highest BCUT2D eigenvalue weighted by molar-refractivity contribution is 5.79. The lowest BCUT2D eigenvalue weighted by molar-refractivity contribution is -0.125. The van der Waals surface area contributed by atoms with Crippen LogP contribution in [0, 0.1) is 12.8 Å². The van der Waals surface area contributed by atoms with Crippen molar-refractivity contribution in [2.45, 2.75) is 33.1 Å². The molecule has 3 heterocycles. The Morgan fingerprint density at radius 2 is 2.36 bits per heavy atom. The zero-order valence-electron chi connectivity index (χ0n) is 13.1. The van der Waals surface area contributed by atoms with Crippen LogP contribution in [0.3, 0.4) is 0 Å². The number of carbonyl (C=O) groups excluding carboxylic acids is 1. The Hall–Kier alpha value is -2.18. The maximum Gasteiger partial charge on any atom is 0.254 e. The number of nitrogens with one attached hydrogen (secondary N) is 1. The van der Waals surface area contributed by atoms with Crippen LogP contribution in [0.1, 0.15) is 31.9 Å². The average Bonchev–Trinajstić information content (AvgIpc) is 3.00. The molecule has 118 valence electrons. The molecule has 0 radical (unpaired) electrons. The molecule has 0 aliphatic carbocycles. The molecule has 2 aromatic rings. The second kappa shape index (κ2) is 6.29. The number of fused-ring (bicyclic) bond motifs is 1. The lowest BCUT2D eigenvalue weighted by Gasteiger charge is -2.33. The molecule has 0 bridgehead atoms. The Kier molecular flexibility index (Phi) is 4.22. The maximum absolute atomic E-state index is 12.2. The Bertz CT molecular complexity index is 667. The van der Waals surface area contributed by atoms with Gasteiger partial charge in [0, 0.05) is 31.4 Å². The standard InChI is InChI=1S/C15H22N6O/c1-3-6-16-14(22)12-5-4-7-20(9-12)13-8-11(2)19-15-17-10-18-21(13)15/h8,10,12H,3-7,9H2,1-2H3,(H,16,22). The molecule has 2 aromatic heterocycles. The number of aryl methyl sites for hydroxylation is 1. The average molecular weight is 302 g/mol. The molecule has 0 spiro atoms. The largest absolute Gasteiger partial charge is 0.356 e. The molecule has 3 rings (SSSR count). The fraction of sp³-hybridized carbons (Fsp3) is 0.600. The van der Waals surface area contributed by atoms with Gasteiger partial charge in [-0.2, -0.15) is 14.6 Å². The van der Waals surface area contributed by atoms with E-state index in [2.05, 4.69) is 32.2 Å². The SMILES string of the molecule is CCCNC(=O)C1CCCN(c2cc(C)nc3ncnn23)C1. The molecule has 7 nitrogen and oxygen atoms in total. The fourth-order valence-corrected chi connectivity index (χ4v) is 2.93. The molecule has 7 heteroatoms. The molecule has 0 saturated carbocycles. The second-order valence-electron chi connectivity index (χ2n) is 5.80. The van der Waals surface area contributed by atoms with Crippen LogP contribution in [-0.4, -0.2) is 45.1 Å². The molecular weight excluding hydrogens is 280 g/mol. The number of piperidine rings is 1. The number of rotatable bonds is 4. The number of nitrogens with zero attached hydrogens (tertiary/aromatic N) is 5. The summed E-state index contributed by atoms with van der Waals surface area (Å²) in [6, 6.07) is 2.01. The summed E-state index contributed by atoms with van der Waals surface area (Å²) in [5.74, 6) is 1.76. The van der Waals surface area contributed by atoms with Crippen LogP contribution in [0.4, 0.5) is 5.82 Å². The summed E-state index contributed by atoms with van der Waals surface area (Å²) in [7, 11) is 0. The van der Waals surface area contributed by atoms with Gasteiger partial charge in [0.15, 0.2) is 0 Å². The fourth-order valence-electron chi connectivity index (χ4n) is 2.93. The highest BCUT2D eigenvalue weighted by atomic mass is 16.1. The van der Waals surface area contributed by atoms with Gasteiger partial charge < -0.3 is 10.2 Å². The summed E-state index contributed by atoms with van der Waals surface area (Å²) < 4.78 is 1.75. The summed E-state index contributed by atoms with van der Waals surface area (Å²) in [4.78, 5) is 23.0. The third-order valence-corrected chi connectivity index (χ3v) is 4.03. The monoisotopic (exact) mass is 302 g/mol. The maximum atomic E-state index is 12.2. The lowest BCUT2D eigenvalue weighted by atomic mass is 9.97. The second-order valence-corrected chi connectivity index (χ2v) is 5.80. The van der Waals surface area contributed by atoms with Crippen LogP contribution in [0.5, 0.6) is 0 Å². The van der Waals surface area contributed by atoms with Gasteiger partial charge in [-0.1, -0.05) is 6.92 Å². The predicted molar refractivity (Wildman–Crippen MR) is 83.8 cm³/mol. The molecule has 1 saturated heterocycles. The Balaban J connectivity index is 1.81.